The molecule has 1 saturated carbocycles. The number of benzene rings is 1. The monoisotopic (exact) mass is 515 g/mol. The van der Waals surface area contributed by atoms with Gasteiger partial charge in [0, 0.05) is 30.4 Å². The van der Waals surface area contributed by atoms with Crippen molar-refractivity contribution in [2.75, 3.05) is 55.4 Å². The molecule has 2 amide bonds. The minimum absolute atomic E-state index is 0.0920. The molecule has 0 saturated heterocycles. The third-order valence-corrected chi connectivity index (χ3v) is 6.79. The van der Waals surface area contributed by atoms with Crippen LogP contribution in [0.2, 0.25) is 0 Å². The van der Waals surface area contributed by atoms with E-state index in [0.29, 0.717) is 29.3 Å². The molecular weight excluding hydrogens is 480 g/mol. The van der Waals surface area contributed by atoms with Crippen LogP contribution >= 0.6 is 0 Å². The fourth-order valence-electron chi connectivity index (χ4n) is 4.86. The van der Waals surface area contributed by atoms with Gasteiger partial charge in [0.2, 0.25) is 5.95 Å². The Morgan fingerprint density at radius 3 is 2.54 bits per heavy atom. The highest BCUT2D eigenvalue weighted by atomic mass is 19.3. The number of halogens is 2. The molecule has 0 unspecified atom stereocenters. The van der Waals surface area contributed by atoms with Gasteiger partial charge in [0.1, 0.15) is 5.69 Å². The second kappa shape index (κ2) is 11.4. The summed E-state index contributed by atoms with van der Waals surface area (Å²) in [7, 11) is 3.98. The van der Waals surface area contributed by atoms with E-state index in [9.17, 15) is 18.4 Å². The van der Waals surface area contributed by atoms with Gasteiger partial charge in [-0.3, -0.25) is 9.59 Å². The van der Waals surface area contributed by atoms with Gasteiger partial charge < -0.3 is 25.3 Å². The molecule has 0 spiro atoms. The number of fused-ring (bicyclic) bond motifs is 1. The van der Waals surface area contributed by atoms with E-state index in [1.807, 2.05) is 14.1 Å². The molecule has 1 aliphatic heterocycles. The molecule has 37 heavy (non-hydrogen) atoms. The smallest absolute Gasteiger partial charge is 0.342 e. The van der Waals surface area contributed by atoms with Gasteiger partial charge in [-0.2, -0.15) is 13.8 Å². The molecule has 11 heteroatoms. The first-order chi connectivity index (χ1) is 17.7. The second-order valence-electron chi connectivity index (χ2n) is 9.84. The molecule has 1 aromatic heterocycles. The van der Waals surface area contributed by atoms with Crippen molar-refractivity contribution in [1.29, 1.82) is 0 Å². The molecule has 1 aromatic carbocycles. The average Bonchev–Trinajstić information content (AvgIpc) is 3.39. The van der Waals surface area contributed by atoms with Crippen LogP contribution in [0.5, 0.6) is 0 Å². The molecule has 0 bridgehead atoms. The highest BCUT2D eigenvalue weighted by Crippen LogP contribution is 2.40. The molecule has 2 N–H and O–H groups in total. The SMILES string of the molecule is CCN1C(=O)C(F)(F)CN(C2CCCC2)c2nc(Nc3ccc(C(=O)NCCCN(C)C)cc3)ncc21. The molecule has 4 rings (SSSR count). The Labute approximate surface area is 216 Å². The van der Waals surface area contributed by atoms with Gasteiger partial charge in [-0.1, -0.05) is 12.8 Å². The number of nitrogens with one attached hydrogen (secondary N) is 2. The lowest BCUT2D eigenvalue weighted by molar-refractivity contribution is -0.140. The van der Waals surface area contributed by atoms with Gasteiger partial charge in [-0.15, -0.1) is 0 Å². The Kier molecular flexibility index (Phi) is 8.21. The molecule has 200 valence electrons. The van der Waals surface area contributed by atoms with Gasteiger partial charge in [0.15, 0.2) is 5.82 Å². The number of carbonyl (C=O) groups is 2. The van der Waals surface area contributed by atoms with Crippen LogP contribution in [0.25, 0.3) is 0 Å². The van der Waals surface area contributed by atoms with E-state index < -0.39 is 18.4 Å². The number of amides is 2. The van der Waals surface area contributed by atoms with Crippen molar-refractivity contribution in [3.63, 3.8) is 0 Å². The molecule has 2 aliphatic rings. The van der Waals surface area contributed by atoms with Gasteiger partial charge in [-0.25, -0.2) is 4.98 Å². The number of rotatable bonds is 9. The normalized spacial score (nSPS) is 17.6. The maximum absolute atomic E-state index is 14.9. The van der Waals surface area contributed by atoms with E-state index in [4.69, 9.17) is 0 Å². The third-order valence-electron chi connectivity index (χ3n) is 6.79. The number of hydrogen-bond donors (Lipinski definition) is 2. The van der Waals surface area contributed by atoms with Gasteiger partial charge in [-0.05, 0) is 71.1 Å². The van der Waals surface area contributed by atoms with Crippen LogP contribution in [0.3, 0.4) is 0 Å². The molecule has 9 nitrogen and oxygen atoms in total. The van der Waals surface area contributed by atoms with Gasteiger partial charge in [0.25, 0.3) is 11.8 Å². The first kappa shape index (κ1) is 26.7. The summed E-state index contributed by atoms with van der Waals surface area (Å²) in [6.07, 6.45) is 5.77. The summed E-state index contributed by atoms with van der Waals surface area (Å²) in [4.78, 5) is 38.7. The molecule has 1 fully saturated rings. The predicted octanol–water partition coefficient (Wildman–Crippen LogP) is 3.65. The highest BCUT2D eigenvalue weighted by molar-refractivity contribution is 6.02. The maximum atomic E-state index is 14.9. The van der Waals surface area contributed by atoms with Gasteiger partial charge >= 0.3 is 5.92 Å². The molecule has 0 atom stereocenters. The molecule has 2 aromatic rings. The summed E-state index contributed by atoms with van der Waals surface area (Å²) in [5, 5.41) is 6.01. The summed E-state index contributed by atoms with van der Waals surface area (Å²) in [5.74, 6) is -4.32. The fourth-order valence-corrected chi connectivity index (χ4v) is 4.86. The summed E-state index contributed by atoms with van der Waals surface area (Å²) < 4.78 is 29.8. The van der Waals surface area contributed by atoms with E-state index in [2.05, 4.69) is 25.5 Å². The summed E-state index contributed by atoms with van der Waals surface area (Å²) >= 11 is 0. The summed E-state index contributed by atoms with van der Waals surface area (Å²) in [5.41, 5.74) is 1.48. The topological polar surface area (TPSA) is 93.7 Å². The Morgan fingerprint density at radius 1 is 1.19 bits per heavy atom. The maximum Gasteiger partial charge on any atom is 0.342 e. The largest absolute Gasteiger partial charge is 0.352 e. The Bertz CT molecular complexity index is 1100. The van der Waals surface area contributed by atoms with Crippen molar-refractivity contribution in [3.8, 4) is 0 Å². The van der Waals surface area contributed by atoms with E-state index in [1.165, 1.54) is 6.20 Å². The number of nitrogens with zero attached hydrogens (tertiary/aromatic N) is 5. The standard InChI is InChI=1S/C26H35F2N7O2/c1-4-34-21-16-30-25(31-19-12-10-18(11-13-19)23(36)29-14-7-15-33(2)3)32-22(21)35(20-8-5-6-9-20)17-26(27,28)24(34)37/h10-13,16,20H,4-9,14-15,17H2,1-3H3,(H,29,36)(H,30,31,32). The zero-order chi connectivity index (χ0) is 26.6. The summed E-state index contributed by atoms with van der Waals surface area (Å²) in [6.45, 7) is 2.54. The van der Waals surface area contributed by atoms with Crippen LogP contribution in [-0.2, 0) is 4.79 Å². The van der Waals surface area contributed by atoms with E-state index in [0.717, 1.165) is 43.5 Å². The van der Waals surface area contributed by atoms with Crippen LogP contribution in [0, 0.1) is 0 Å². The highest BCUT2D eigenvalue weighted by Gasteiger charge is 2.49. The van der Waals surface area contributed by atoms with Crippen molar-refractivity contribution in [2.24, 2.45) is 0 Å². The average molecular weight is 516 g/mol. The molecule has 2 heterocycles. The molecule has 0 radical (unpaired) electrons. The van der Waals surface area contributed by atoms with Crippen molar-refractivity contribution in [2.45, 2.75) is 51.0 Å². The predicted molar refractivity (Wildman–Crippen MR) is 140 cm³/mol. The number of alkyl halides is 2. The molecule has 1 aliphatic carbocycles. The Balaban J connectivity index is 1.53. The minimum Gasteiger partial charge on any atom is -0.352 e. The van der Waals surface area contributed by atoms with Crippen LogP contribution in [0.4, 0.5) is 31.9 Å². The zero-order valence-electron chi connectivity index (χ0n) is 21.6. The lowest BCUT2D eigenvalue weighted by Crippen LogP contribution is -2.49. The number of anilines is 4. The lowest BCUT2D eigenvalue weighted by Gasteiger charge is -2.31. The number of carbonyl (C=O) groups excluding carboxylic acids is 2. The fraction of sp³-hybridized carbons (Fsp3) is 0.538. The second-order valence-corrected chi connectivity index (χ2v) is 9.84. The number of aromatic nitrogens is 2. The first-order valence-corrected chi connectivity index (χ1v) is 12.8. The van der Waals surface area contributed by atoms with Crippen molar-refractivity contribution >= 4 is 35.0 Å². The quantitative estimate of drug-likeness (QED) is 0.493. The van der Waals surface area contributed by atoms with Crippen LogP contribution < -0.4 is 20.4 Å². The minimum atomic E-state index is -3.52. The van der Waals surface area contributed by atoms with Crippen LogP contribution in [0.15, 0.2) is 30.5 Å². The third kappa shape index (κ3) is 6.15. The Morgan fingerprint density at radius 2 is 1.89 bits per heavy atom. The first-order valence-electron chi connectivity index (χ1n) is 12.8. The van der Waals surface area contributed by atoms with Gasteiger partial charge in [0.05, 0.1) is 12.7 Å². The van der Waals surface area contributed by atoms with E-state index in [-0.39, 0.29) is 24.4 Å². The van der Waals surface area contributed by atoms with Crippen molar-refractivity contribution in [1.82, 2.24) is 20.2 Å². The zero-order valence-corrected chi connectivity index (χ0v) is 21.6. The van der Waals surface area contributed by atoms with Crippen molar-refractivity contribution in [3.05, 3.63) is 36.0 Å². The lowest BCUT2D eigenvalue weighted by atomic mass is 10.2. The van der Waals surface area contributed by atoms with E-state index in [1.54, 1.807) is 36.1 Å². The number of hydrogen-bond acceptors (Lipinski definition) is 7. The van der Waals surface area contributed by atoms with Crippen LogP contribution in [-0.4, -0.2) is 78.9 Å². The van der Waals surface area contributed by atoms with E-state index >= 15 is 0 Å². The van der Waals surface area contributed by atoms with Crippen LogP contribution in [0.1, 0.15) is 49.4 Å². The van der Waals surface area contributed by atoms with Crippen molar-refractivity contribution < 1.29 is 18.4 Å². The molecular formula is C26H35F2N7O2. The summed E-state index contributed by atoms with van der Waals surface area (Å²) in [6, 6.07) is 6.79. The Hall–Kier alpha value is -3.34.